The van der Waals surface area contributed by atoms with Crippen LogP contribution in [0, 0.1) is 0 Å². The highest BCUT2D eigenvalue weighted by Crippen LogP contribution is 2.35. The number of phenols is 1. The molecule has 1 amide bonds. The van der Waals surface area contributed by atoms with Crippen molar-refractivity contribution in [2.75, 3.05) is 5.32 Å². The molecule has 0 unspecified atom stereocenters. The summed E-state index contributed by atoms with van der Waals surface area (Å²) in [6, 6.07) is 6.83. The predicted octanol–water partition coefficient (Wildman–Crippen LogP) is 1.75. The van der Waals surface area contributed by atoms with E-state index in [0.717, 1.165) is 0 Å². The van der Waals surface area contributed by atoms with Crippen LogP contribution in [0.5, 0.6) is 5.75 Å². The monoisotopic (exact) mass is 281 g/mol. The minimum absolute atomic E-state index is 0.0312. The molecular weight excluding hydrogens is 270 g/mol. The van der Waals surface area contributed by atoms with Gasteiger partial charge in [0.2, 0.25) is 5.91 Å². The Labute approximate surface area is 109 Å². The highest BCUT2D eigenvalue weighted by Gasteiger charge is 2.18. The Morgan fingerprint density at radius 2 is 1.89 bits per heavy atom. The summed E-state index contributed by atoms with van der Waals surface area (Å²) in [7, 11) is -4.47. The fraction of sp³-hybridized carbons (Fsp3) is 0.0833. The van der Waals surface area contributed by atoms with Crippen molar-refractivity contribution in [2.45, 2.75) is 11.8 Å². The molecule has 0 bridgehead atoms. The third-order valence-corrected chi connectivity index (χ3v) is 3.47. The predicted molar refractivity (Wildman–Crippen MR) is 69.7 cm³/mol. The second-order valence-corrected chi connectivity index (χ2v) is 5.36. The van der Waals surface area contributed by atoms with Crippen molar-refractivity contribution in [2.24, 2.45) is 0 Å². The molecule has 2 aromatic carbocycles. The van der Waals surface area contributed by atoms with E-state index in [4.69, 9.17) is 4.55 Å². The van der Waals surface area contributed by atoms with Crippen LogP contribution in [0.4, 0.5) is 5.69 Å². The number of hydrogen-bond donors (Lipinski definition) is 3. The zero-order chi connectivity index (χ0) is 14.2. The van der Waals surface area contributed by atoms with Crippen molar-refractivity contribution < 1.29 is 22.9 Å². The van der Waals surface area contributed by atoms with E-state index >= 15 is 0 Å². The van der Waals surface area contributed by atoms with Crippen molar-refractivity contribution in [3.8, 4) is 5.75 Å². The van der Waals surface area contributed by atoms with E-state index in [1.54, 1.807) is 0 Å². The average molecular weight is 281 g/mol. The van der Waals surface area contributed by atoms with Gasteiger partial charge < -0.3 is 10.4 Å². The number of phenolic OH excluding ortho intramolecular Hbond substituents is 1. The summed E-state index contributed by atoms with van der Waals surface area (Å²) in [5.41, 5.74) is 0.353. The fourth-order valence-electron chi connectivity index (χ4n) is 1.87. The molecule has 0 aliphatic heterocycles. The van der Waals surface area contributed by atoms with Crippen LogP contribution >= 0.6 is 0 Å². The summed E-state index contributed by atoms with van der Waals surface area (Å²) >= 11 is 0. The van der Waals surface area contributed by atoms with Gasteiger partial charge in [0.1, 0.15) is 10.6 Å². The Morgan fingerprint density at radius 3 is 2.47 bits per heavy atom. The second-order valence-electron chi connectivity index (χ2n) is 3.97. The Morgan fingerprint density at radius 1 is 1.21 bits per heavy atom. The lowest BCUT2D eigenvalue weighted by Gasteiger charge is -2.10. The molecule has 0 spiro atoms. The van der Waals surface area contributed by atoms with Gasteiger partial charge in [0.05, 0.1) is 0 Å². The molecule has 19 heavy (non-hydrogen) atoms. The van der Waals surface area contributed by atoms with Crippen molar-refractivity contribution in [3.05, 3.63) is 30.3 Å². The normalized spacial score (nSPS) is 11.5. The van der Waals surface area contributed by atoms with Gasteiger partial charge in [-0.3, -0.25) is 9.35 Å². The maximum absolute atomic E-state index is 11.3. The van der Waals surface area contributed by atoms with Gasteiger partial charge in [-0.05, 0) is 18.2 Å². The lowest BCUT2D eigenvalue weighted by Crippen LogP contribution is -2.07. The number of nitrogens with one attached hydrogen (secondary N) is 1. The van der Waals surface area contributed by atoms with Gasteiger partial charge in [0.15, 0.2) is 0 Å². The molecule has 2 aromatic rings. The van der Waals surface area contributed by atoms with Crippen molar-refractivity contribution in [3.63, 3.8) is 0 Å². The number of carbonyl (C=O) groups excluding carboxylic acids is 1. The topological polar surface area (TPSA) is 104 Å². The van der Waals surface area contributed by atoms with Crippen LogP contribution in [0.15, 0.2) is 35.2 Å². The average Bonchev–Trinajstić information content (AvgIpc) is 2.30. The molecule has 0 radical (unpaired) electrons. The fourth-order valence-corrected chi connectivity index (χ4v) is 2.59. The zero-order valence-electron chi connectivity index (χ0n) is 9.91. The molecule has 3 N–H and O–H groups in total. The van der Waals surface area contributed by atoms with E-state index in [1.807, 2.05) is 0 Å². The third kappa shape index (κ3) is 2.51. The number of carbonyl (C=O) groups is 1. The van der Waals surface area contributed by atoms with E-state index in [-0.39, 0.29) is 17.0 Å². The Bertz CT molecular complexity index is 767. The van der Waals surface area contributed by atoms with Crippen molar-refractivity contribution in [1.82, 2.24) is 0 Å². The molecule has 100 valence electrons. The molecule has 0 aliphatic rings. The molecule has 0 saturated carbocycles. The van der Waals surface area contributed by atoms with Crippen molar-refractivity contribution >= 4 is 32.5 Å². The lowest BCUT2D eigenvalue weighted by atomic mass is 10.1. The summed E-state index contributed by atoms with van der Waals surface area (Å²) < 4.78 is 31.7. The smallest absolute Gasteiger partial charge is 0.295 e. The minimum Gasteiger partial charge on any atom is -0.507 e. The summed E-state index contributed by atoms with van der Waals surface area (Å²) in [4.78, 5) is 10.7. The highest BCUT2D eigenvalue weighted by molar-refractivity contribution is 7.86. The molecule has 2 rings (SSSR count). The summed E-state index contributed by atoms with van der Waals surface area (Å²) in [6.45, 7) is 1.31. The van der Waals surface area contributed by atoms with Crippen LogP contribution in [-0.4, -0.2) is 24.0 Å². The SMILES string of the molecule is CC(=O)Nc1ccc(O)c2c(S(=O)(=O)O)cccc12. The summed E-state index contributed by atoms with van der Waals surface area (Å²) in [5.74, 6) is -0.624. The van der Waals surface area contributed by atoms with Crippen LogP contribution in [0.3, 0.4) is 0 Å². The third-order valence-electron chi connectivity index (χ3n) is 2.57. The number of benzene rings is 2. The first-order valence-corrected chi connectivity index (χ1v) is 6.74. The van der Waals surface area contributed by atoms with E-state index in [9.17, 15) is 18.3 Å². The van der Waals surface area contributed by atoms with Gasteiger partial charge in [-0.1, -0.05) is 12.1 Å². The highest BCUT2D eigenvalue weighted by atomic mass is 32.2. The number of hydrogen-bond acceptors (Lipinski definition) is 4. The molecule has 0 aromatic heterocycles. The van der Waals surface area contributed by atoms with Gasteiger partial charge in [0, 0.05) is 23.4 Å². The van der Waals surface area contributed by atoms with Gasteiger partial charge in [-0.25, -0.2) is 0 Å². The zero-order valence-corrected chi connectivity index (χ0v) is 10.7. The number of rotatable bonds is 2. The first-order valence-electron chi connectivity index (χ1n) is 5.30. The molecule has 0 heterocycles. The first kappa shape index (κ1) is 13.3. The Hall–Kier alpha value is -2.12. The minimum atomic E-state index is -4.47. The maximum Gasteiger partial charge on any atom is 0.295 e. The summed E-state index contributed by atoms with van der Waals surface area (Å²) in [6.07, 6.45) is 0. The van der Waals surface area contributed by atoms with Crippen LogP contribution in [0.1, 0.15) is 6.92 Å². The van der Waals surface area contributed by atoms with E-state index in [0.29, 0.717) is 11.1 Å². The molecular formula is C12H11NO5S. The molecule has 7 heteroatoms. The molecule has 0 aliphatic carbocycles. The number of aromatic hydroxyl groups is 1. The van der Waals surface area contributed by atoms with Crippen LogP contribution < -0.4 is 5.32 Å². The van der Waals surface area contributed by atoms with Gasteiger partial charge in [0.25, 0.3) is 10.1 Å². The van der Waals surface area contributed by atoms with Gasteiger partial charge >= 0.3 is 0 Å². The first-order chi connectivity index (χ1) is 8.80. The second kappa shape index (κ2) is 4.52. The number of fused-ring (bicyclic) bond motifs is 1. The van der Waals surface area contributed by atoms with Gasteiger partial charge in [-0.15, -0.1) is 0 Å². The van der Waals surface area contributed by atoms with E-state index in [1.165, 1.54) is 37.3 Å². The van der Waals surface area contributed by atoms with Gasteiger partial charge in [-0.2, -0.15) is 8.42 Å². The number of amides is 1. The quantitative estimate of drug-likeness (QED) is 0.574. The van der Waals surface area contributed by atoms with Crippen LogP contribution in [0.2, 0.25) is 0 Å². The molecule has 0 saturated heterocycles. The Balaban J connectivity index is 2.87. The lowest BCUT2D eigenvalue weighted by molar-refractivity contribution is -0.114. The number of anilines is 1. The van der Waals surface area contributed by atoms with Crippen LogP contribution in [-0.2, 0) is 14.9 Å². The maximum atomic E-state index is 11.3. The molecule has 0 fully saturated rings. The van der Waals surface area contributed by atoms with E-state index < -0.39 is 15.0 Å². The van der Waals surface area contributed by atoms with E-state index in [2.05, 4.69) is 5.32 Å². The largest absolute Gasteiger partial charge is 0.507 e. The Kier molecular flexibility index (Phi) is 3.17. The standard InChI is InChI=1S/C12H11NO5S/c1-7(14)13-9-5-6-10(15)12-8(9)3-2-4-11(12)19(16,17)18/h2-6,15H,1H3,(H,13,14)(H,16,17,18). The molecule has 0 atom stereocenters. The molecule has 6 nitrogen and oxygen atoms in total. The van der Waals surface area contributed by atoms with Crippen LogP contribution in [0.25, 0.3) is 10.8 Å². The summed E-state index contributed by atoms with van der Waals surface area (Å²) in [5, 5.41) is 12.6. The van der Waals surface area contributed by atoms with Crippen molar-refractivity contribution in [1.29, 1.82) is 0 Å².